The Bertz CT molecular complexity index is 1000. The molecule has 1 fully saturated rings. The molecule has 2 aromatic carbocycles. The van der Waals surface area contributed by atoms with E-state index in [2.05, 4.69) is 9.97 Å². The molecule has 3 aromatic rings. The van der Waals surface area contributed by atoms with Crippen molar-refractivity contribution in [2.75, 3.05) is 13.1 Å². The van der Waals surface area contributed by atoms with E-state index in [0.717, 1.165) is 5.56 Å². The van der Waals surface area contributed by atoms with Crippen LogP contribution in [0.3, 0.4) is 0 Å². The Balaban J connectivity index is 1.55. The molecule has 0 spiro atoms. The largest absolute Gasteiger partial charge is 0.391 e. The van der Waals surface area contributed by atoms with Gasteiger partial charge in [-0.2, -0.15) is 0 Å². The lowest BCUT2D eigenvalue weighted by molar-refractivity contribution is 0.0753. The third-order valence-electron chi connectivity index (χ3n) is 4.85. The van der Waals surface area contributed by atoms with Crippen molar-refractivity contribution in [3.8, 4) is 0 Å². The zero-order chi connectivity index (χ0) is 18.1. The van der Waals surface area contributed by atoms with E-state index in [1.54, 1.807) is 29.2 Å². The molecule has 1 saturated heterocycles. The van der Waals surface area contributed by atoms with Gasteiger partial charge in [-0.1, -0.05) is 42.5 Å². The van der Waals surface area contributed by atoms with Crippen LogP contribution in [0.15, 0.2) is 59.4 Å². The van der Waals surface area contributed by atoms with Gasteiger partial charge >= 0.3 is 0 Å². The zero-order valence-electron chi connectivity index (χ0n) is 14.1. The molecule has 1 amide bonds. The average molecular weight is 349 g/mol. The van der Waals surface area contributed by atoms with Crippen molar-refractivity contribution >= 4 is 16.8 Å². The molecule has 1 aromatic heterocycles. The molecule has 2 atom stereocenters. The molecular weight excluding hydrogens is 330 g/mol. The number of nitrogens with zero attached hydrogens (tertiary/aromatic N) is 2. The number of hydrogen-bond donors (Lipinski definition) is 2. The van der Waals surface area contributed by atoms with E-state index in [4.69, 9.17) is 0 Å². The summed E-state index contributed by atoms with van der Waals surface area (Å²) in [6.07, 6.45) is 0.110. The Hall–Kier alpha value is -2.99. The minimum absolute atomic E-state index is 0.0151. The Morgan fingerprint density at radius 3 is 2.65 bits per heavy atom. The first-order valence-electron chi connectivity index (χ1n) is 8.62. The van der Waals surface area contributed by atoms with Crippen LogP contribution in [0.1, 0.15) is 16.2 Å². The number of nitrogens with one attached hydrogen (secondary N) is 1. The number of benzene rings is 2. The van der Waals surface area contributed by atoms with E-state index in [0.29, 0.717) is 23.9 Å². The lowest BCUT2D eigenvalue weighted by Gasteiger charge is -2.15. The predicted octanol–water partition coefficient (Wildman–Crippen LogP) is 1.60. The van der Waals surface area contributed by atoms with Crippen LogP contribution in [-0.4, -0.2) is 45.1 Å². The predicted molar refractivity (Wildman–Crippen MR) is 97.9 cm³/mol. The molecule has 0 aliphatic carbocycles. The van der Waals surface area contributed by atoms with Crippen molar-refractivity contribution < 1.29 is 9.90 Å². The molecule has 2 heterocycles. The van der Waals surface area contributed by atoms with E-state index >= 15 is 0 Å². The van der Waals surface area contributed by atoms with E-state index < -0.39 is 6.10 Å². The lowest BCUT2D eigenvalue weighted by Crippen LogP contribution is -2.32. The molecule has 0 bridgehead atoms. The number of aromatic amines is 1. The van der Waals surface area contributed by atoms with Gasteiger partial charge in [-0.3, -0.25) is 9.59 Å². The van der Waals surface area contributed by atoms with Crippen LogP contribution in [0.5, 0.6) is 0 Å². The standard InChI is InChI=1S/C20H19N3O3/c24-17-12-23(11-14(17)10-13-6-2-1-3-7-13)20(26)18-21-16-9-5-4-8-15(16)19(25)22-18/h1-9,14,17,24H,10-12H2,(H,21,22,25)/t14-,17-/m1/s1. The number of H-pyrrole nitrogens is 1. The Kier molecular flexibility index (Phi) is 4.26. The molecule has 26 heavy (non-hydrogen) atoms. The summed E-state index contributed by atoms with van der Waals surface area (Å²) < 4.78 is 0. The van der Waals surface area contributed by atoms with Crippen LogP contribution in [0.25, 0.3) is 10.9 Å². The smallest absolute Gasteiger partial charge is 0.289 e. The molecule has 1 aliphatic rings. The number of likely N-dealkylation sites (tertiary alicyclic amines) is 1. The van der Waals surface area contributed by atoms with Crippen molar-refractivity contribution in [2.45, 2.75) is 12.5 Å². The topological polar surface area (TPSA) is 86.3 Å². The second kappa shape index (κ2) is 6.72. The molecule has 6 heteroatoms. The number of carbonyl (C=O) groups is 1. The van der Waals surface area contributed by atoms with Crippen LogP contribution in [0.4, 0.5) is 0 Å². The van der Waals surface area contributed by atoms with Crippen LogP contribution in [-0.2, 0) is 6.42 Å². The number of para-hydroxylation sites is 1. The van der Waals surface area contributed by atoms with Crippen LogP contribution < -0.4 is 5.56 Å². The fourth-order valence-corrected chi connectivity index (χ4v) is 3.47. The number of aliphatic hydroxyl groups excluding tert-OH is 1. The van der Waals surface area contributed by atoms with E-state index in [9.17, 15) is 14.7 Å². The molecule has 6 nitrogen and oxygen atoms in total. The first kappa shape index (κ1) is 16.5. The highest BCUT2D eigenvalue weighted by molar-refractivity contribution is 5.92. The highest BCUT2D eigenvalue weighted by atomic mass is 16.3. The summed E-state index contributed by atoms with van der Waals surface area (Å²) in [6, 6.07) is 16.8. The Morgan fingerprint density at radius 2 is 1.85 bits per heavy atom. The second-order valence-corrected chi connectivity index (χ2v) is 6.66. The maximum atomic E-state index is 12.8. The van der Waals surface area contributed by atoms with Gasteiger partial charge in [-0.25, -0.2) is 4.98 Å². The molecule has 132 valence electrons. The first-order chi connectivity index (χ1) is 12.6. The summed E-state index contributed by atoms with van der Waals surface area (Å²) in [5.74, 6) is -0.378. The minimum atomic E-state index is -0.591. The summed E-state index contributed by atoms with van der Waals surface area (Å²) in [4.78, 5) is 33.4. The first-order valence-corrected chi connectivity index (χ1v) is 8.62. The van der Waals surface area contributed by atoms with Gasteiger partial charge in [0.2, 0.25) is 0 Å². The monoisotopic (exact) mass is 349 g/mol. The normalized spacial score (nSPS) is 19.8. The highest BCUT2D eigenvalue weighted by Crippen LogP contribution is 2.22. The molecule has 1 aliphatic heterocycles. The maximum Gasteiger partial charge on any atom is 0.289 e. The third-order valence-corrected chi connectivity index (χ3v) is 4.85. The van der Waals surface area contributed by atoms with Crippen molar-refractivity contribution in [1.82, 2.24) is 14.9 Å². The maximum absolute atomic E-state index is 12.8. The minimum Gasteiger partial charge on any atom is -0.391 e. The highest BCUT2D eigenvalue weighted by Gasteiger charge is 2.35. The molecular formula is C20H19N3O3. The number of carbonyl (C=O) groups excluding carboxylic acids is 1. The summed E-state index contributed by atoms with van der Waals surface area (Å²) in [5.41, 5.74) is 1.28. The van der Waals surface area contributed by atoms with Gasteiger partial charge in [-0.05, 0) is 24.1 Å². The lowest BCUT2D eigenvalue weighted by atomic mass is 9.97. The number of aromatic nitrogens is 2. The molecule has 0 unspecified atom stereocenters. The Morgan fingerprint density at radius 1 is 1.12 bits per heavy atom. The van der Waals surface area contributed by atoms with E-state index in [1.807, 2.05) is 30.3 Å². The fraction of sp³-hybridized carbons (Fsp3) is 0.250. The van der Waals surface area contributed by atoms with Crippen molar-refractivity contribution in [3.05, 3.63) is 76.3 Å². The quantitative estimate of drug-likeness (QED) is 0.752. The number of amides is 1. The van der Waals surface area contributed by atoms with Gasteiger partial charge in [0.05, 0.1) is 17.0 Å². The van der Waals surface area contributed by atoms with E-state index in [-0.39, 0.29) is 29.8 Å². The van der Waals surface area contributed by atoms with Crippen LogP contribution in [0, 0.1) is 5.92 Å². The van der Waals surface area contributed by atoms with E-state index in [1.165, 1.54) is 0 Å². The zero-order valence-corrected chi connectivity index (χ0v) is 14.1. The number of hydrogen-bond acceptors (Lipinski definition) is 4. The third kappa shape index (κ3) is 3.11. The number of rotatable bonds is 3. The summed E-state index contributed by atoms with van der Waals surface area (Å²) in [6.45, 7) is 0.679. The van der Waals surface area contributed by atoms with Crippen molar-refractivity contribution in [1.29, 1.82) is 0 Å². The molecule has 0 radical (unpaired) electrons. The van der Waals surface area contributed by atoms with Gasteiger partial charge in [0, 0.05) is 19.0 Å². The summed E-state index contributed by atoms with van der Waals surface area (Å²) in [5, 5.41) is 10.8. The van der Waals surface area contributed by atoms with Gasteiger partial charge in [-0.15, -0.1) is 0 Å². The molecule has 0 saturated carbocycles. The summed E-state index contributed by atoms with van der Waals surface area (Å²) >= 11 is 0. The fourth-order valence-electron chi connectivity index (χ4n) is 3.47. The van der Waals surface area contributed by atoms with Gasteiger partial charge in [0.1, 0.15) is 0 Å². The summed E-state index contributed by atoms with van der Waals surface area (Å²) in [7, 11) is 0. The second-order valence-electron chi connectivity index (χ2n) is 6.66. The molecule has 4 rings (SSSR count). The number of aliphatic hydroxyl groups is 1. The number of fused-ring (bicyclic) bond motifs is 1. The van der Waals surface area contributed by atoms with Gasteiger partial charge in [0.25, 0.3) is 11.5 Å². The van der Waals surface area contributed by atoms with Crippen LogP contribution in [0.2, 0.25) is 0 Å². The number of β-amino-alcohol motifs (C(OH)–C–C–N with tert-alkyl or cyclic N) is 1. The SMILES string of the molecule is O=C(c1nc2ccccc2c(=O)[nH]1)N1C[C@@H](Cc2ccccc2)[C@H](O)C1. The Labute approximate surface area is 150 Å². The van der Waals surface area contributed by atoms with Gasteiger partial charge in [0.15, 0.2) is 5.82 Å². The van der Waals surface area contributed by atoms with Crippen LogP contribution >= 0.6 is 0 Å². The van der Waals surface area contributed by atoms with Crippen molar-refractivity contribution in [2.24, 2.45) is 5.92 Å². The van der Waals surface area contributed by atoms with Gasteiger partial charge < -0.3 is 15.0 Å². The van der Waals surface area contributed by atoms with Crippen molar-refractivity contribution in [3.63, 3.8) is 0 Å². The molecule has 2 N–H and O–H groups in total. The average Bonchev–Trinajstić information content (AvgIpc) is 3.02.